The Morgan fingerprint density at radius 2 is 1.00 bits per heavy atom. The van der Waals surface area contributed by atoms with Crippen LogP contribution in [-0.2, 0) is 40.4 Å². The zero-order valence-electron chi connectivity index (χ0n) is 12.0. The van der Waals surface area contributed by atoms with Gasteiger partial charge in [-0.3, -0.25) is 14.4 Å². The van der Waals surface area contributed by atoms with Crippen molar-refractivity contribution >= 4 is 35.8 Å². The molecule has 0 aliphatic carbocycles. The van der Waals surface area contributed by atoms with Crippen LogP contribution in [0.5, 0.6) is 0 Å². The maximum absolute atomic E-state index is 10.8. The molecule has 20 heavy (non-hydrogen) atoms. The SMILES string of the molecule is CC(=O)OCCP(=S)(CCOC(C)=O)CCOC(C)=O. The van der Waals surface area contributed by atoms with Crippen molar-refractivity contribution in [2.45, 2.75) is 20.8 Å². The maximum atomic E-state index is 10.8. The third-order valence-electron chi connectivity index (χ3n) is 2.41. The van der Waals surface area contributed by atoms with Crippen molar-refractivity contribution in [3.63, 3.8) is 0 Å². The molecule has 0 spiro atoms. The topological polar surface area (TPSA) is 78.9 Å². The summed E-state index contributed by atoms with van der Waals surface area (Å²) in [5.41, 5.74) is 0. The lowest BCUT2D eigenvalue weighted by atomic mass is 10.7. The average molecular weight is 324 g/mol. The van der Waals surface area contributed by atoms with E-state index < -0.39 is 6.04 Å². The summed E-state index contributed by atoms with van der Waals surface area (Å²) in [6.45, 7) is 4.73. The largest absolute Gasteiger partial charge is 0.465 e. The highest BCUT2D eigenvalue weighted by Gasteiger charge is 2.18. The molecule has 8 heteroatoms. The summed E-state index contributed by atoms with van der Waals surface area (Å²) in [5.74, 6) is -1.07. The van der Waals surface area contributed by atoms with Crippen LogP contribution in [0.4, 0.5) is 0 Å². The van der Waals surface area contributed by atoms with Gasteiger partial charge >= 0.3 is 17.9 Å². The molecule has 0 aromatic carbocycles. The Morgan fingerprint density at radius 3 is 1.20 bits per heavy atom. The van der Waals surface area contributed by atoms with Crippen LogP contribution < -0.4 is 0 Å². The van der Waals surface area contributed by atoms with Crippen molar-refractivity contribution in [2.24, 2.45) is 0 Å². The Morgan fingerprint density at radius 1 is 0.750 bits per heavy atom. The Labute approximate surface area is 124 Å². The minimum absolute atomic E-state index is 0.243. The van der Waals surface area contributed by atoms with Crippen LogP contribution in [0.3, 0.4) is 0 Å². The van der Waals surface area contributed by atoms with Gasteiger partial charge < -0.3 is 14.2 Å². The Balaban J connectivity index is 4.33. The lowest BCUT2D eigenvalue weighted by molar-refractivity contribution is -0.141. The zero-order chi connectivity index (χ0) is 15.6. The van der Waals surface area contributed by atoms with Crippen LogP contribution in [0.25, 0.3) is 0 Å². The molecular weight excluding hydrogens is 303 g/mol. The molecule has 0 aliphatic rings. The van der Waals surface area contributed by atoms with Gasteiger partial charge in [0.15, 0.2) is 0 Å². The molecule has 0 unspecified atom stereocenters. The van der Waals surface area contributed by atoms with Gasteiger partial charge in [0.05, 0.1) is 19.8 Å². The molecule has 0 rings (SSSR count). The fourth-order valence-corrected chi connectivity index (χ4v) is 4.02. The van der Waals surface area contributed by atoms with E-state index in [0.29, 0.717) is 18.5 Å². The minimum atomic E-state index is -1.89. The highest BCUT2D eigenvalue weighted by Crippen LogP contribution is 2.45. The van der Waals surface area contributed by atoms with Crippen molar-refractivity contribution in [3.05, 3.63) is 0 Å². The standard InChI is InChI=1S/C12H21O6PS/c1-10(13)16-4-7-19(20,8-5-17-11(2)14)9-6-18-12(3)15/h4-9H2,1-3H3. The monoisotopic (exact) mass is 324 g/mol. The number of rotatable bonds is 9. The van der Waals surface area contributed by atoms with E-state index in [9.17, 15) is 14.4 Å². The second-order valence-corrected chi connectivity index (χ2v) is 10.0. The fourth-order valence-electron chi connectivity index (χ4n) is 1.40. The molecule has 6 nitrogen and oxygen atoms in total. The van der Waals surface area contributed by atoms with Gasteiger partial charge in [-0.1, -0.05) is 11.8 Å². The Hall–Kier alpha value is -0.940. The predicted octanol–water partition coefficient (Wildman–Crippen LogP) is 1.16. The van der Waals surface area contributed by atoms with Gasteiger partial charge in [-0.05, 0) is 6.04 Å². The smallest absolute Gasteiger partial charge is 0.302 e. The van der Waals surface area contributed by atoms with Crippen LogP contribution >= 0.6 is 6.04 Å². The second kappa shape index (κ2) is 9.88. The predicted molar refractivity (Wildman–Crippen MR) is 78.8 cm³/mol. The molecule has 0 N–H and O–H groups in total. The minimum Gasteiger partial charge on any atom is -0.465 e. The third kappa shape index (κ3) is 10.9. The van der Waals surface area contributed by atoms with Crippen molar-refractivity contribution in [1.82, 2.24) is 0 Å². The van der Waals surface area contributed by atoms with E-state index in [1.165, 1.54) is 20.8 Å². The maximum Gasteiger partial charge on any atom is 0.302 e. The van der Waals surface area contributed by atoms with Gasteiger partial charge in [0.25, 0.3) is 0 Å². The van der Waals surface area contributed by atoms with Gasteiger partial charge in [-0.2, -0.15) is 0 Å². The van der Waals surface area contributed by atoms with Gasteiger partial charge in [0.1, 0.15) is 0 Å². The number of hydrogen-bond donors (Lipinski definition) is 0. The van der Waals surface area contributed by atoms with Crippen molar-refractivity contribution in [1.29, 1.82) is 0 Å². The van der Waals surface area contributed by atoms with E-state index in [2.05, 4.69) is 0 Å². The summed E-state index contributed by atoms with van der Waals surface area (Å²) in [7, 11) is 0. The van der Waals surface area contributed by atoms with E-state index in [0.717, 1.165) is 0 Å². The first-order valence-electron chi connectivity index (χ1n) is 6.22. The molecule has 116 valence electrons. The molecule has 0 radical (unpaired) electrons. The van der Waals surface area contributed by atoms with Crippen molar-refractivity contribution in [3.8, 4) is 0 Å². The molecular formula is C12H21O6PS. The lowest BCUT2D eigenvalue weighted by Crippen LogP contribution is -2.15. The summed E-state index contributed by atoms with van der Waals surface area (Å²) < 4.78 is 14.7. The molecule has 0 atom stereocenters. The summed E-state index contributed by atoms with van der Waals surface area (Å²) in [4.78, 5) is 32.3. The number of carbonyl (C=O) groups excluding carboxylic acids is 3. The molecule has 0 aromatic heterocycles. The number of ether oxygens (including phenoxy) is 3. The molecule has 0 saturated carbocycles. The fraction of sp³-hybridized carbons (Fsp3) is 0.750. The molecule has 0 aliphatic heterocycles. The van der Waals surface area contributed by atoms with E-state index in [1.54, 1.807) is 0 Å². The molecule has 0 fully saturated rings. The molecule has 0 saturated heterocycles. The molecule has 0 amide bonds. The first-order valence-corrected chi connectivity index (χ1v) is 9.58. The first kappa shape index (κ1) is 19.1. The van der Waals surface area contributed by atoms with Gasteiger partial charge in [-0.15, -0.1) is 0 Å². The van der Waals surface area contributed by atoms with Crippen LogP contribution in [-0.4, -0.2) is 56.2 Å². The van der Waals surface area contributed by atoms with Gasteiger partial charge in [-0.25, -0.2) is 0 Å². The quantitative estimate of drug-likeness (QED) is 0.358. The summed E-state index contributed by atoms with van der Waals surface area (Å²) >= 11 is 5.60. The van der Waals surface area contributed by atoms with Crippen molar-refractivity contribution < 1.29 is 28.6 Å². The summed E-state index contributed by atoms with van der Waals surface area (Å²) in [6.07, 6.45) is 1.64. The van der Waals surface area contributed by atoms with Crippen LogP contribution in [0.15, 0.2) is 0 Å². The average Bonchev–Trinajstić information content (AvgIpc) is 2.27. The van der Waals surface area contributed by atoms with Crippen LogP contribution in [0.2, 0.25) is 0 Å². The molecule has 0 heterocycles. The van der Waals surface area contributed by atoms with Crippen LogP contribution in [0, 0.1) is 0 Å². The molecule has 0 aromatic rings. The van der Waals surface area contributed by atoms with Gasteiger partial charge in [0.2, 0.25) is 0 Å². The second-order valence-electron chi connectivity index (χ2n) is 4.25. The first-order chi connectivity index (χ1) is 9.25. The normalized spacial score (nSPS) is 10.8. The van der Waals surface area contributed by atoms with E-state index >= 15 is 0 Å². The zero-order valence-corrected chi connectivity index (χ0v) is 13.8. The van der Waals surface area contributed by atoms with Crippen LogP contribution in [0.1, 0.15) is 20.8 Å². The van der Waals surface area contributed by atoms with E-state index in [-0.39, 0.29) is 37.7 Å². The number of hydrogen-bond acceptors (Lipinski definition) is 7. The third-order valence-corrected chi connectivity index (χ3v) is 7.05. The van der Waals surface area contributed by atoms with Gasteiger partial charge in [0, 0.05) is 39.3 Å². The molecule has 0 bridgehead atoms. The summed E-state index contributed by atoms with van der Waals surface area (Å²) in [6, 6.07) is -1.89. The van der Waals surface area contributed by atoms with E-state index in [1.807, 2.05) is 0 Å². The highest BCUT2D eigenvalue weighted by atomic mass is 32.4. The Kier molecular flexibility index (Phi) is 9.42. The highest BCUT2D eigenvalue weighted by molar-refractivity contribution is 8.14. The van der Waals surface area contributed by atoms with Crippen molar-refractivity contribution in [2.75, 3.05) is 38.3 Å². The number of esters is 3. The number of carbonyl (C=O) groups is 3. The summed E-state index contributed by atoms with van der Waals surface area (Å²) in [5, 5.41) is 0. The Bertz CT molecular complexity index is 338. The van der Waals surface area contributed by atoms with E-state index in [4.69, 9.17) is 26.0 Å². The lowest BCUT2D eigenvalue weighted by Gasteiger charge is -2.21.